The Hall–Kier alpha value is -2.40. The zero-order valence-corrected chi connectivity index (χ0v) is 14.5. The fourth-order valence-corrected chi connectivity index (χ4v) is 3.29. The Balaban J connectivity index is 1.62. The van der Waals surface area contributed by atoms with Gasteiger partial charge in [0, 0.05) is 37.1 Å². The molecule has 1 aliphatic carbocycles. The number of hydrogen-bond donors (Lipinski definition) is 1. The monoisotopic (exact) mass is 340 g/mol. The molecule has 2 aromatic rings. The Labute approximate surface area is 148 Å². The Morgan fingerprint density at radius 2 is 2.08 bits per heavy atom. The van der Waals surface area contributed by atoms with E-state index in [9.17, 15) is 9.90 Å². The third-order valence-electron chi connectivity index (χ3n) is 4.62. The molecule has 25 heavy (non-hydrogen) atoms. The maximum atomic E-state index is 12.7. The highest BCUT2D eigenvalue weighted by atomic mass is 16.5. The highest BCUT2D eigenvalue weighted by molar-refractivity contribution is 5.94. The second kappa shape index (κ2) is 7.66. The first-order chi connectivity index (χ1) is 12.1. The minimum Gasteiger partial charge on any atom is -0.489 e. The number of carbonyl (C=O) groups excluding carboxylic acids is 1. The van der Waals surface area contributed by atoms with Crippen molar-refractivity contribution in [3.8, 4) is 5.75 Å². The molecular formula is C20H24N2O3. The highest BCUT2D eigenvalue weighted by Crippen LogP contribution is 2.30. The SMILES string of the molecule is CN(CC1(O)CCCC1)C(=O)c1cccc(OCc2cccnc2)c1. The number of rotatable bonds is 6. The van der Waals surface area contributed by atoms with E-state index in [-0.39, 0.29) is 5.91 Å². The third-order valence-corrected chi connectivity index (χ3v) is 4.62. The van der Waals surface area contributed by atoms with Gasteiger partial charge in [-0.1, -0.05) is 25.0 Å². The van der Waals surface area contributed by atoms with Crippen LogP contribution in [0.5, 0.6) is 5.75 Å². The predicted molar refractivity (Wildman–Crippen MR) is 95.4 cm³/mol. The van der Waals surface area contributed by atoms with Gasteiger partial charge in [0.05, 0.1) is 5.60 Å². The number of aromatic nitrogens is 1. The maximum Gasteiger partial charge on any atom is 0.253 e. The lowest BCUT2D eigenvalue weighted by Gasteiger charge is -2.28. The highest BCUT2D eigenvalue weighted by Gasteiger charge is 2.33. The van der Waals surface area contributed by atoms with Crippen LogP contribution in [0.25, 0.3) is 0 Å². The van der Waals surface area contributed by atoms with Crippen LogP contribution in [0.2, 0.25) is 0 Å². The van der Waals surface area contributed by atoms with Crippen molar-refractivity contribution >= 4 is 5.91 Å². The molecule has 0 bridgehead atoms. The largest absolute Gasteiger partial charge is 0.489 e. The van der Waals surface area contributed by atoms with Gasteiger partial charge in [-0.05, 0) is 37.1 Å². The van der Waals surface area contributed by atoms with Crippen molar-refractivity contribution in [2.24, 2.45) is 0 Å². The average molecular weight is 340 g/mol. The predicted octanol–water partition coefficient (Wildman–Crippen LogP) is 3.04. The van der Waals surface area contributed by atoms with Crippen LogP contribution in [0.15, 0.2) is 48.8 Å². The summed E-state index contributed by atoms with van der Waals surface area (Å²) in [5, 5.41) is 10.5. The number of carbonyl (C=O) groups is 1. The minimum atomic E-state index is -0.737. The molecule has 0 radical (unpaired) electrons. The first-order valence-corrected chi connectivity index (χ1v) is 8.65. The summed E-state index contributed by atoms with van der Waals surface area (Å²) in [5.74, 6) is 0.537. The summed E-state index contributed by atoms with van der Waals surface area (Å²) in [6, 6.07) is 11.0. The quantitative estimate of drug-likeness (QED) is 0.878. The standard InChI is InChI=1S/C20H24N2O3/c1-22(15-20(24)9-2-3-10-20)19(23)17-7-4-8-18(12-17)25-14-16-6-5-11-21-13-16/h4-8,11-13,24H,2-3,9-10,14-15H2,1H3. The van der Waals surface area contributed by atoms with Gasteiger partial charge < -0.3 is 14.7 Å². The third kappa shape index (κ3) is 4.57. The summed E-state index contributed by atoms with van der Waals surface area (Å²) in [7, 11) is 1.74. The van der Waals surface area contributed by atoms with Gasteiger partial charge >= 0.3 is 0 Å². The van der Waals surface area contributed by atoms with E-state index in [1.807, 2.05) is 24.3 Å². The Bertz CT molecular complexity index is 712. The van der Waals surface area contributed by atoms with E-state index in [0.29, 0.717) is 24.5 Å². The molecule has 1 aromatic carbocycles. The fourth-order valence-electron chi connectivity index (χ4n) is 3.29. The number of nitrogens with zero attached hydrogens (tertiary/aromatic N) is 2. The first-order valence-electron chi connectivity index (χ1n) is 8.65. The topological polar surface area (TPSA) is 62.7 Å². The maximum absolute atomic E-state index is 12.7. The Morgan fingerprint density at radius 1 is 1.28 bits per heavy atom. The van der Waals surface area contributed by atoms with Crippen molar-refractivity contribution in [2.45, 2.75) is 37.9 Å². The number of ether oxygens (including phenoxy) is 1. The smallest absolute Gasteiger partial charge is 0.253 e. The summed E-state index contributed by atoms with van der Waals surface area (Å²) >= 11 is 0. The molecule has 1 N–H and O–H groups in total. The second-order valence-electron chi connectivity index (χ2n) is 6.77. The van der Waals surface area contributed by atoms with Crippen LogP contribution < -0.4 is 4.74 Å². The zero-order chi connectivity index (χ0) is 17.7. The van der Waals surface area contributed by atoms with Gasteiger partial charge in [0.1, 0.15) is 12.4 Å². The molecule has 1 amide bonds. The Kier molecular flexibility index (Phi) is 5.34. The van der Waals surface area contributed by atoms with E-state index in [1.54, 1.807) is 36.5 Å². The zero-order valence-electron chi connectivity index (χ0n) is 14.5. The number of aliphatic hydroxyl groups is 1. The van der Waals surface area contributed by atoms with Crippen LogP contribution in [0.4, 0.5) is 0 Å². The second-order valence-corrected chi connectivity index (χ2v) is 6.77. The summed E-state index contributed by atoms with van der Waals surface area (Å²) < 4.78 is 5.76. The van der Waals surface area contributed by atoms with Crippen LogP contribution >= 0.6 is 0 Å². The van der Waals surface area contributed by atoms with Crippen LogP contribution in [0, 0.1) is 0 Å². The molecule has 1 heterocycles. The molecule has 1 fully saturated rings. The van der Waals surface area contributed by atoms with Gasteiger partial charge in [-0.2, -0.15) is 0 Å². The lowest BCUT2D eigenvalue weighted by Crippen LogP contribution is -2.42. The molecule has 5 heteroatoms. The molecule has 0 saturated heterocycles. The van der Waals surface area contributed by atoms with Crippen molar-refractivity contribution in [1.82, 2.24) is 9.88 Å². The Morgan fingerprint density at radius 3 is 2.80 bits per heavy atom. The number of hydrogen-bond acceptors (Lipinski definition) is 4. The van der Waals surface area contributed by atoms with Gasteiger partial charge in [0.25, 0.3) is 5.91 Å². The van der Waals surface area contributed by atoms with Gasteiger partial charge in [0.2, 0.25) is 0 Å². The molecular weight excluding hydrogens is 316 g/mol. The summed E-state index contributed by atoms with van der Waals surface area (Å²) in [6.45, 7) is 0.772. The van der Waals surface area contributed by atoms with Gasteiger partial charge in [-0.25, -0.2) is 0 Å². The molecule has 1 aromatic heterocycles. The molecule has 1 aliphatic rings. The van der Waals surface area contributed by atoms with Crippen LogP contribution in [-0.4, -0.2) is 40.1 Å². The summed E-state index contributed by atoms with van der Waals surface area (Å²) in [4.78, 5) is 18.3. The van der Waals surface area contributed by atoms with Crippen molar-refractivity contribution in [3.63, 3.8) is 0 Å². The van der Waals surface area contributed by atoms with Crippen LogP contribution in [0.3, 0.4) is 0 Å². The summed E-state index contributed by atoms with van der Waals surface area (Å²) in [5.41, 5.74) is 0.798. The number of pyridine rings is 1. The number of likely N-dealkylation sites (N-methyl/N-ethyl adjacent to an activating group) is 1. The lowest BCUT2D eigenvalue weighted by molar-refractivity contribution is 0.0156. The molecule has 0 unspecified atom stereocenters. The van der Waals surface area contributed by atoms with Crippen molar-refractivity contribution in [1.29, 1.82) is 0 Å². The van der Waals surface area contributed by atoms with Crippen LogP contribution in [0.1, 0.15) is 41.6 Å². The average Bonchev–Trinajstić information content (AvgIpc) is 3.06. The molecule has 1 saturated carbocycles. The van der Waals surface area contributed by atoms with E-state index in [0.717, 1.165) is 31.2 Å². The molecule has 5 nitrogen and oxygen atoms in total. The molecule has 0 spiro atoms. The van der Waals surface area contributed by atoms with Gasteiger partial charge in [0.15, 0.2) is 0 Å². The minimum absolute atomic E-state index is 0.104. The summed E-state index contributed by atoms with van der Waals surface area (Å²) in [6.07, 6.45) is 7.05. The lowest BCUT2D eigenvalue weighted by atomic mass is 10.0. The van der Waals surface area contributed by atoms with Crippen molar-refractivity contribution < 1.29 is 14.6 Å². The van der Waals surface area contributed by atoms with E-state index < -0.39 is 5.60 Å². The molecule has 0 aliphatic heterocycles. The van der Waals surface area contributed by atoms with Crippen LogP contribution in [-0.2, 0) is 6.61 Å². The van der Waals surface area contributed by atoms with Gasteiger partial charge in [-0.3, -0.25) is 9.78 Å². The molecule has 132 valence electrons. The van der Waals surface area contributed by atoms with E-state index in [2.05, 4.69) is 4.98 Å². The molecule has 3 rings (SSSR count). The number of benzene rings is 1. The van der Waals surface area contributed by atoms with E-state index in [1.165, 1.54) is 0 Å². The first kappa shape index (κ1) is 17.4. The van der Waals surface area contributed by atoms with E-state index in [4.69, 9.17) is 4.74 Å². The van der Waals surface area contributed by atoms with Crippen molar-refractivity contribution in [2.75, 3.05) is 13.6 Å². The molecule has 0 atom stereocenters. The fraction of sp³-hybridized carbons (Fsp3) is 0.400. The number of amides is 1. The van der Waals surface area contributed by atoms with Crippen molar-refractivity contribution in [3.05, 3.63) is 59.9 Å². The normalized spacial score (nSPS) is 15.8. The van der Waals surface area contributed by atoms with E-state index >= 15 is 0 Å². The van der Waals surface area contributed by atoms with Gasteiger partial charge in [-0.15, -0.1) is 0 Å².